The third-order valence-corrected chi connectivity index (χ3v) is 4.17. The van der Waals surface area contributed by atoms with Crippen LogP contribution in [-0.2, 0) is 4.74 Å². The monoisotopic (exact) mass is 332 g/mol. The van der Waals surface area contributed by atoms with Crippen LogP contribution >= 0.6 is 0 Å². The molecule has 0 spiro atoms. The number of hydrogen-bond acceptors (Lipinski definition) is 3. The number of aliphatic hydroxyl groups excluding tert-OH is 1. The average Bonchev–Trinajstić information content (AvgIpc) is 2.49. The highest BCUT2D eigenvalue weighted by Gasteiger charge is 2.37. The first-order valence-electron chi connectivity index (χ1n) is 7.25. The van der Waals surface area contributed by atoms with E-state index in [0.29, 0.717) is 6.54 Å². The van der Waals surface area contributed by atoms with Gasteiger partial charge in [-0.05, 0) is 37.0 Å². The highest BCUT2D eigenvalue weighted by atomic mass is 19.2. The van der Waals surface area contributed by atoms with Crippen LogP contribution in [0.2, 0.25) is 0 Å². The zero-order chi connectivity index (χ0) is 17.0. The molecule has 1 fully saturated rings. The number of urea groups is 1. The smallest absolute Gasteiger partial charge is 0.315 e. The Hall–Kier alpha value is -1.80. The minimum atomic E-state index is -1.60. The Bertz CT molecular complexity index is 551. The number of halogens is 3. The molecule has 0 heterocycles. The average molecular weight is 332 g/mol. The van der Waals surface area contributed by atoms with Crippen molar-refractivity contribution in [2.45, 2.75) is 30.9 Å². The summed E-state index contributed by atoms with van der Waals surface area (Å²) in [7, 11) is 1.57. The first kappa shape index (κ1) is 17.6. The number of carbonyl (C=O) groups excluding carboxylic acids is 1. The molecule has 1 aromatic rings. The predicted molar refractivity (Wildman–Crippen MR) is 76.3 cm³/mol. The molecule has 0 bridgehead atoms. The molecule has 1 saturated carbocycles. The van der Waals surface area contributed by atoms with Gasteiger partial charge in [0.15, 0.2) is 17.5 Å². The first-order valence-corrected chi connectivity index (χ1v) is 7.25. The molecule has 3 N–H and O–H groups in total. The molecular weight excluding hydrogens is 313 g/mol. The quantitative estimate of drug-likeness (QED) is 0.698. The van der Waals surface area contributed by atoms with E-state index in [1.54, 1.807) is 7.11 Å². The van der Waals surface area contributed by atoms with Gasteiger partial charge in [0, 0.05) is 13.7 Å². The van der Waals surface area contributed by atoms with Crippen molar-refractivity contribution in [3.05, 3.63) is 35.1 Å². The molecule has 128 valence electrons. The van der Waals surface area contributed by atoms with Gasteiger partial charge < -0.3 is 20.5 Å². The summed E-state index contributed by atoms with van der Waals surface area (Å²) in [5.41, 5.74) is -0.440. The van der Waals surface area contributed by atoms with Crippen LogP contribution in [-0.4, -0.2) is 37.0 Å². The molecule has 0 aliphatic heterocycles. The predicted octanol–water partition coefficient (Wildman–Crippen LogP) is 2.01. The van der Waals surface area contributed by atoms with Crippen LogP contribution in [0.3, 0.4) is 0 Å². The lowest BCUT2D eigenvalue weighted by Gasteiger charge is -2.40. The Morgan fingerprint density at radius 1 is 1.35 bits per heavy atom. The van der Waals surface area contributed by atoms with Gasteiger partial charge in [-0.3, -0.25) is 0 Å². The number of rotatable bonds is 6. The fourth-order valence-corrected chi connectivity index (χ4v) is 2.49. The molecule has 1 unspecified atom stereocenters. The summed E-state index contributed by atoms with van der Waals surface area (Å²) < 4.78 is 44.8. The first-order chi connectivity index (χ1) is 10.9. The number of nitrogens with one attached hydrogen (secondary N) is 2. The molecule has 0 radical (unpaired) electrons. The molecule has 1 aliphatic carbocycles. The topological polar surface area (TPSA) is 70.6 Å². The molecule has 1 aliphatic rings. The van der Waals surface area contributed by atoms with Crippen molar-refractivity contribution < 1.29 is 27.8 Å². The van der Waals surface area contributed by atoms with Crippen LogP contribution in [0.25, 0.3) is 0 Å². The summed E-state index contributed by atoms with van der Waals surface area (Å²) in [6, 6.07) is -0.193. The van der Waals surface area contributed by atoms with Crippen molar-refractivity contribution in [3.8, 4) is 0 Å². The third kappa shape index (κ3) is 3.94. The highest BCUT2D eigenvalue weighted by Crippen LogP contribution is 2.34. The zero-order valence-electron chi connectivity index (χ0n) is 12.7. The zero-order valence-corrected chi connectivity index (χ0v) is 12.7. The Morgan fingerprint density at radius 3 is 2.39 bits per heavy atom. The van der Waals surface area contributed by atoms with E-state index >= 15 is 0 Å². The van der Waals surface area contributed by atoms with Gasteiger partial charge >= 0.3 is 6.03 Å². The number of benzene rings is 1. The Kier molecular flexibility index (Phi) is 5.48. The maximum Gasteiger partial charge on any atom is 0.315 e. The molecule has 8 heteroatoms. The lowest BCUT2D eigenvalue weighted by atomic mass is 9.80. The molecule has 0 saturated heterocycles. The summed E-state index contributed by atoms with van der Waals surface area (Å²) in [6.07, 6.45) is 2.69. The van der Waals surface area contributed by atoms with Crippen LogP contribution in [0.15, 0.2) is 12.1 Å². The van der Waals surface area contributed by atoms with Gasteiger partial charge in [0.1, 0.15) is 0 Å². The summed E-state index contributed by atoms with van der Waals surface area (Å²) in [6.45, 7) is -0.299. The van der Waals surface area contributed by atoms with E-state index in [-0.39, 0.29) is 11.2 Å². The van der Waals surface area contributed by atoms with E-state index in [1.165, 1.54) is 0 Å². The Balaban J connectivity index is 1.97. The molecule has 2 amide bonds. The van der Waals surface area contributed by atoms with Gasteiger partial charge in [-0.15, -0.1) is 0 Å². The van der Waals surface area contributed by atoms with Gasteiger partial charge in [-0.2, -0.15) is 0 Å². The summed E-state index contributed by atoms with van der Waals surface area (Å²) in [5, 5.41) is 14.3. The maximum atomic E-state index is 13.2. The van der Waals surface area contributed by atoms with Gasteiger partial charge in [-0.25, -0.2) is 18.0 Å². The van der Waals surface area contributed by atoms with E-state index in [2.05, 4.69) is 10.6 Å². The number of hydrogen-bond donors (Lipinski definition) is 3. The Morgan fingerprint density at radius 2 is 1.96 bits per heavy atom. The van der Waals surface area contributed by atoms with Crippen LogP contribution in [0, 0.1) is 17.5 Å². The minimum absolute atomic E-state index is 0.0656. The van der Waals surface area contributed by atoms with E-state index in [0.717, 1.165) is 31.4 Å². The number of ether oxygens (including phenoxy) is 1. The lowest BCUT2D eigenvalue weighted by Crippen LogP contribution is -2.51. The van der Waals surface area contributed by atoms with Crippen molar-refractivity contribution in [2.75, 3.05) is 20.3 Å². The van der Waals surface area contributed by atoms with Gasteiger partial charge in [0.05, 0.1) is 18.2 Å². The molecular formula is C15H19F3N2O3. The molecule has 5 nitrogen and oxygen atoms in total. The van der Waals surface area contributed by atoms with Gasteiger partial charge in [-0.1, -0.05) is 0 Å². The van der Waals surface area contributed by atoms with Gasteiger partial charge in [0.2, 0.25) is 0 Å². The van der Waals surface area contributed by atoms with Crippen molar-refractivity contribution in [1.82, 2.24) is 10.6 Å². The minimum Gasteiger partial charge on any atom is -0.394 e. The summed E-state index contributed by atoms with van der Waals surface area (Å²) >= 11 is 0. The second kappa shape index (κ2) is 7.18. The summed E-state index contributed by atoms with van der Waals surface area (Å²) in [4.78, 5) is 11.9. The van der Waals surface area contributed by atoms with Crippen LogP contribution in [0.1, 0.15) is 30.9 Å². The van der Waals surface area contributed by atoms with Crippen LogP contribution in [0.5, 0.6) is 0 Å². The van der Waals surface area contributed by atoms with Crippen LogP contribution in [0.4, 0.5) is 18.0 Å². The van der Waals surface area contributed by atoms with Gasteiger partial charge in [0.25, 0.3) is 0 Å². The van der Waals surface area contributed by atoms with E-state index in [9.17, 15) is 23.1 Å². The molecule has 1 aromatic carbocycles. The van der Waals surface area contributed by atoms with E-state index < -0.39 is 36.1 Å². The third-order valence-electron chi connectivity index (χ3n) is 4.17. The van der Waals surface area contributed by atoms with E-state index in [4.69, 9.17) is 4.74 Å². The molecule has 23 heavy (non-hydrogen) atoms. The number of carbonyl (C=O) groups is 1. The molecule has 2 rings (SSSR count). The lowest BCUT2D eigenvalue weighted by molar-refractivity contribution is -0.0674. The van der Waals surface area contributed by atoms with E-state index in [1.807, 2.05) is 0 Å². The maximum absolute atomic E-state index is 13.2. The van der Waals surface area contributed by atoms with Crippen molar-refractivity contribution >= 4 is 6.03 Å². The fourth-order valence-electron chi connectivity index (χ4n) is 2.49. The van der Waals surface area contributed by atoms with Crippen molar-refractivity contribution in [2.24, 2.45) is 0 Å². The highest BCUT2D eigenvalue weighted by molar-refractivity contribution is 5.74. The fraction of sp³-hybridized carbons (Fsp3) is 0.533. The molecule has 1 atom stereocenters. The largest absolute Gasteiger partial charge is 0.394 e. The molecule has 0 aromatic heterocycles. The number of methoxy groups -OCH3 is 1. The number of aliphatic hydroxyl groups is 1. The Labute approximate surface area is 131 Å². The normalized spacial score (nSPS) is 17.3. The van der Waals surface area contributed by atoms with Crippen molar-refractivity contribution in [1.29, 1.82) is 0 Å². The number of amides is 2. The SMILES string of the molecule is COC1(CNC(=O)NC(CO)c2cc(F)c(F)c(F)c2)CCC1. The standard InChI is InChI=1S/C15H19F3N2O3/c1-23-15(3-2-4-15)8-19-14(22)20-12(7-21)9-5-10(16)13(18)11(17)6-9/h5-6,12,21H,2-4,7-8H2,1H3,(H2,19,20,22). The van der Waals surface area contributed by atoms with Crippen LogP contribution < -0.4 is 10.6 Å². The summed E-state index contributed by atoms with van der Waals surface area (Å²) in [5.74, 6) is -4.36. The second-order valence-corrected chi connectivity index (χ2v) is 5.60. The second-order valence-electron chi connectivity index (χ2n) is 5.60. The van der Waals surface area contributed by atoms with Crippen molar-refractivity contribution in [3.63, 3.8) is 0 Å².